The molecule has 11 nitrogen and oxygen atoms in total. The van der Waals surface area contributed by atoms with Crippen LogP contribution in [0.25, 0.3) is 10.9 Å². The third-order valence-corrected chi connectivity index (χ3v) is 5.96. The monoisotopic (exact) mass is 507 g/mol. The van der Waals surface area contributed by atoms with E-state index in [1.807, 2.05) is 24.3 Å². The molecule has 3 amide bonds. The standard InChI is InChI=1S/C23H33N5O6S/c1-11(2)19(28-21(31)18(24)12(3)29)22(32)27-17(10-35)20(30)26-16(23(33)34)8-13-9-25-15-7-5-4-6-14(13)15/h4-7,9,11-12,16-19,25,29,35H,8,10,24H2,1-3H3,(H,26,30)(H,27,32)(H,28,31)(H,33,34). The summed E-state index contributed by atoms with van der Waals surface area (Å²) in [6.45, 7) is 4.73. The van der Waals surface area contributed by atoms with Crippen LogP contribution < -0.4 is 21.7 Å². The van der Waals surface area contributed by atoms with E-state index in [2.05, 4.69) is 33.6 Å². The van der Waals surface area contributed by atoms with Crippen LogP contribution in [0.2, 0.25) is 0 Å². The molecule has 5 unspecified atom stereocenters. The molecule has 12 heteroatoms. The van der Waals surface area contributed by atoms with E-state index < -0.39 is 54.0 Å². The molecule has 35 heavy (non-hydrogen) atoms. The van der Waals surface area contributed by atoms with E-state index in [0.29, 0.717) is 0 Å². The molecule has 1 heterocycles. The van der Waals surface area contributed by atoms with Gasteiger partial charge in [-0.2, -0.15) is 12.6 Å². The predicted octanol–water partition coefficient (Wildman–Crippen LogP) is -0.457. The predicted molar refractivity (Wildman–Crippen MR) is 134 cm³/mol. The zero-order valence-corrected chi connectivity index (χ0v) is 20.7. The summed E-state index contributed by atoms with van der Waals surface area (Å²) in [4.78, 5) is 52.8. The first-order valence-corrected chi connectivity index (χ1v) is 11.8. The number of aromatic nitrogens is 1. The molecule has 0 radical (unpaired) electrons. The van der Waals surface area contributed by atoms with Crippen molar-refractivity contribution in [2.45, 2.75) is 57.5 Å². The first-order chi connectivity index (χ1) is 16.5. The van der Waals surface area contributed by atoms with Crippen LogP contribution in [0.15, 0.2) is 30.5 Å². The number of amides is 3. The summed E-state index contributed by atoms with van der Waals surface area (Å²) in [5.41, 5.74) is 7.19. The average molecular weight is 508 g/mol. The lowest BCUT2D eigenvalue weighted by molar-refractivity contribution is -0.142. The quantitative estimate of drug-likeness (QED) is 0.179. The van der Waals surface area contributed by atoms with Crippen molar-refractivity contribution in [2.24, 2.45) is 11.7 Å². The fourth-order valence-electron chi connectivity index (χ4n) is 3.45. The number of H-pyrrole nitrogens is 1. The van der Waals surface area contributed by atoms with Crippen molar-refractivity contribution in [1.29, 1.82) is 0 Å². The molecule has 0 spiro atoms. The number of thiol groups is 1. The maximum Gasteiger partial charge on any atom is 0.326 e. The Labute approximate surface area is 208 Å². The number of carbonyl (C=O) groups is 4. The van der Waals surface area contributed by atoms with Crippen LogP contribution in [0, 0.1) is 5.92 Å². The summed E-state index contributed by atoms with van der Waals surface area (Å²) in [5.74, 6) is -3.81. The van der Waals surface area contributed by atoms with Crippen LogP contribution >= 0.6 is 12.6 Å². The van der Waals surface area contributed by atoms with E-state index in [-0.39, 0.29) is 18.1 Å². The molecule has 2 rings (SSSR count). The molecule has 0 fully saturated rings. The number of para-hydroxylation sites is 1. The second-order valence-electron chi connectivity index (χ2n) is 8.70. The molecule has 8 N–H and O–H groups in total. The number of carboxylic acid groups (broad SMARTS) is 1. The van der Waals surface area contributed by atoms with Crippen molar-refractivity contribution < 1.29 is 29.4 Å². The number of carbonyl (C=O) groups excluding carboxylic acids is 3. The van der Waals surface area contributed by atoms with Crippen LogP contribution in [0.5, 0.6) is 0 Å². The van der Waals surface area contributed by atoms with Crippen molar-refractivity contribution in [3.05, 3.63) is 36.0 Å². The number of carboxylic acids is 1. The Morgan fingerprint density at radius 1 is 1.00 bits per heavy atom. The molecule has 0 bridgehead atoms. The number of nitrogens with one attached hydrogen (secondary N) is 4. The highest BCUT2D eigenvalue weighted by atomic mass is 32.1. The average Bonchev–Trinajstić information content (AvgIpc) is 3.21. The second-order valence-corrected chi connectivity index (χ2v) is 9.07. The molecule has 1 aromatic heterocycles. The van der Waals surface area contributed by atoms with Gasteiger partial charge in [-0.25, -0.2) is 4.79 Å². The van der Waals surface area contributed by atoms with Crippen molar-refractivity contribution in [3.8, 4) is 0 Å². The fourth-order valence-corrected chi connectivity index (χ4v) is 3.71. The summed E-state index contributed by atoms with van der Waals surface area (Å²) in [5, 5.41) is 27.5. The van der Waals surface area contributed by atoms with Gasteiger partial charge >= 0.3 is 5.97 Å². The van der Waals surface area contributed by atoms with Crippen molar-refractivity contribution >= 4 is 47.2 Å². The minimum Gasteiger partial charge on any atom is -0.480 e. The van der Waals surface area contributed by atoms with E-state index in [0.717, 1.165) is 16.5 Å². The Morgan fingerprint density at radius 3 is 2.20 bits per heavy atom. The zero-order chi connectivity index (χ0) is 26.3. The Balaban J connectivity index is 2.09. The van der Waals surface area contributed by atoms with Gasteiger partial charge in [0.2, 0.25) is 17.7 Å². The zero-order valence-electron chi connectivity index (χ0n) is 19.8. The summed E-state index contributed by atoms with van der Waals surface area (Å²) in [6.07, 6.45) is 0.602. The molecule has 1 aromatic carbocycles. The number of aliphatic carboxylic acids is 1. The van der Waals surface area contributed by atoms with E-state index >= 15 is 0 Å². The number of hydrogen-bond acceptors (Lipinski definition) is 7. The van der Waals surface area contributed by atoms with Gasteiger partial charge < -0.3 is 36.9 Å². The maximum atomic E-state index is 12.8. The Kier molecular flexibility index (Phi) is 10.1. The van der Waals surface area contributed by atoms with Gasteiger partial charge in [0.15, 0.2) is 0 Å². The van der Waals surface area contributed by atoms with E-state index in [4.69, 9.17) is 5.73 Å². The Bertz CT molecular complexity index is 1060. The highest BCUT2D eigenvalue weighted by molar-refractivity contribution is 7.80. The molecule has 192 valence electrons. The third-order valence-electron chi connectivity index (χ3n) is 5.60. The number of aromatic amines is 1. The molecule has 0 saturated carbocycles. The van der Waals surface area contributed by atoms with Gasteiger partial charge in [-0.1, -0.05) is 32.0 Å². The first-order valence-electron chi connectivity index (χ1n) is 11.2. The normalized spacial score (nSPS) is 15.6. The number of hydrogen-bond donors (Lipinski definition) is 8. The minimum absolute atomic E-state index is 0.0280. The number of aliphatic hydroxyl groups excluding tert-OH is 1. The topological polar surface area (TPSA) is 187 Å². The summed E-state index contributed by atoms with van der Waals surface area (Å²) in [7, 11) is 0. The molecule has 0 aliphatic carbocycles. The summed E-state index contributed by atoms with van der Waals surface area (Å²) >= 11 is 4.12. The molecule has 0 saturated heterocycles. The Morgan fingerprint density at radius 2 is 1.63 bits per heavy atom. The molecule has 5 atom stereocenters. The smallest absolute Gasteiger partial charge is 0.326 e. The largest absolute Gasteiger partial charge is 0.480 e. The lowest BCUT2D eigenvalue weighted by Crippen LogP contribution is -2.59. The van der Waals surface area contributed by atoms with Gasteiger partial charge in [0.05, 0.1) is 6.10 Å². The Hall–Kier alpha value is -3.09. The van der Waals surface area contributed by atoms with Gasteiger partial charge in [-0.15, -0.1) is 0 Å². The molecule has 0 aliphatic heterocycles. The first kappa shape index (κ1) is 28.1. The van der Waals surface area contributed by atoms with Crippen LogP contribution in [0.4, 0.5) is 0 Å². The number of fused-ring (bicyclic) bond motifs is 1. The summed E-state index contributed by atoms with van der Waals surface area (Å²) in [6, 6.07) is 2.73. The van der Waals surface area contributed by atoms with Gasteiger partial charge in [-0.05, 0) is 24.5 Å². The highest BCUT2D eigenvalue weighted by Crippen LogP contribution is 2.19. The SMILES string of the molecule is CC(C)C(NC(=O)C(N)C(C)O)C(=O)NC(CS)C(=O)NC(Cc1c[nH]c2ccccc12)C(=O)O. The van der Waals surface area contributed by atoms with Crippen LogP contribution in [-0.2, 0) is 25.6 Å². The van der Waals surface area contributed by atoms with Gasteiger partial charge in [0.1, 0.15) is 24.2 Å². The number of rotatable bonds is 12. The van der Waals surface area contributed by atoms with E-state index in [1.165, 1.54) is 6.92 Å². The van der Waals surface area contributed by atoms with Crippen LogP contribution in [0.3, 0.4) is 0 Å². The molecular formula is C23H33N5O6S. The fraction of sp³-hybridized carbons (Fsp3) is 0.478. The minimum atomic E-state index is -1.24. The highest BCUT2D eigenvalue weighted by Gasteiger charge is 2.32. The van der Waals surface area contributed by atoms with Crippen molar-refractivity contribution in [1.82, 2.24) is 20.9 Å². The van der Waals surface area contributed by atoms with Crippen LogP contribution in [0.1, 0.15) is 26.3 Å². The van der Waals surface area contributed by atoms with Crippen molar-refractivity contribution in [2.75, 3.05) is 5.75 Å². The summed E-state index contributed by atoms with van der Waals surface area (Å²) < 4.78 is 0. The second kappa shape index (κ2) is 12.6. The lowest BCUT2D eigenvalue weighted by atomic mass is 10.0. The van der Waals surface area contributed by atoms with Gasteiger partial charge in [-0.3, -0.25) is 14.4 Å². The van der Waals surface area contributed by atoms with Gasteiger partial charge in [0.25, 0.3) is 0 Å². The maximum absolute atomic E-state index is 12.8. The third kappa shape index (κ3) is 7.44. The molecule has 2 aromatic rings. The lowest BCUT2D eigenvalue weighted by Gasteiger charge is -2.26. The van der Waals surface area contributed by atoms with E-state index in [9.17, 15) is 29.4 Å². The molecular weight excluding hydrogens is 474 g/mol. The number of nitrogens with two attached hydrogens (primary N) is 1. The van der Waals surface area contributed by atoms with E-state index in [1.54, 1.807) is 20.0 Å². The number of aliphatic hydroxyl groups is 1. The van der Waals surface area contributed by atoms with Gasteiger partial charge in [0, 0.05) is 29.3 Å². The molecule has 0 aliphatic rings. The van der Waals surface area contributed by atoms with Crippen LogP contribution in [-0.4, -0.2) is 74.9 Å². The number of benzene rings is 1. The van der Waals surface area contributed by atoms with Crippen molar-refractivity contribution in [3.63, 3.8) is 0 Å².